The van der Waals surface area contributed by atoms with Crippen molar-refractivity contribution >= 4 is 17.0 Å². The minimum absolute atomic E-state index is 0.266. The number of aromatic amines is 1. The largest absolute Gasteiger partial charge is 0.478 e. The van der Waals surface area contributed by atoms with E-state index in [1.807, 2.05) is 30.3 Å². The molecule has 3 aromatic rings. The van der Waals surface area contributed by atoms with Gasteiger partial charge in [-0.2, -0.15) is 0 Å². The van der Waals surface area contributed by atoms with Crippen LogP contribution >= 0.6 is 0 Å². The van der Waals surface area contributed by atoms with Gasteiger partial charge in [0.25, 0.3) is 0 Å². The number of hydrogen-bond acceptors (Lipinski definition) is 2. The van der Waals surface area contributed by atoms with Crippen LogP contribution in [0.5, 0.6) is 0 Å². The molecule has 0 aliphatic heterocycles. The molecular formula is C15H12N2O2. The molecule has 0 spiro atoms. The number of nitrogens with zero attached hydrogens (tertiary/aromatic N) is 1. The maximum atomic E-state index is 10.9. The summed E-state index contributed by atoms with van der Waals surface area (Å²) in [5, 5.41) is 8.95. The summed E-state index contributed by atoms with van der Waals surface area (Å²) >= 11 is 0. The van der Waals surface area contributed by atoms with Crippen LogP contribution in [0.25, 0.3) is 11.0 Å². The van der Waals surface area contributed by atoms with Gasteiger partial charge in [0.15, 0.2) is 0 Å². The number of carbonyl (C=O) groups is 1. The smallest absolute Gasteiger partial charge is 0.335 e. The molecule has 2 N–H and O–H groups in total. The highest BCUT2D eigenvalue weighted by molar-refractivity contribution is 5.92. The second kappa shape index (κ2) is 4.57. The molecule has 0 fully saturated rings. The highest BCUT2D eigenvalue weighted by atomic mass is 16.4. The number of carboxylic acids is 1. The Kier molecular flexibility index (Phi) is 2.76. The van der Waals surface area contributed by atoms with E-state index in [1.54, 1.807) is 18.2 Å². The van der Waals surface area contributed by atoms with E-state index in [1.165, 1.54) is 5.56 Å². The number of imidazole rings is 1. The van der Waals surface area contributed by atoms with Gasteiger partial charge < -0.3 is 10.1 Å². The molecule has 3 rings (SSSR count). The third-order valence-electron chi connectivity index (χ3n) is 2.99. The Balaban J connectivity index is 1.95. The Labute approximate surface area is 109 Å². The molecule has 0 amide bonds. The number of nitrogens with one attached hydrogen (secondary N) is 1. The van der Waals surface area contributed by atoms with Gasteiger partial charge in [-0.25, -0.2) is 9.78 Å². The van der Waals surface area contributed by atoms with E-state index >= 15 is 0 Å². The third kappa shape index (κ3) is 2.33. The fourth-order valence-corrected chi connectivity index (χ4v) is 2.07. The van der Waals surface area contributed by atoms with Crippen molar-refractivity contribution in [3.63, 3.8) is 0 Å². The molecule has 0 saturated carbocycles. The van der Waals surface area contributed by atoms with Crippen LogP contribution in [0.2, 0.25) is 0 Å². The highest BCUT2D eigenvalue weighted by Gasteiger charge is 2.07. The van der Waals surface area contributed by atoms with Crippen molar-refractivity contribution in [3.8, 4) is 0 Å². The fourth-order valence-electron chi connectivity index (χ4n) is 2.07. The van der Waals surface area contributed by atoms with Gasteiger partial charge in [0.05, 0.1) is 16.6 Å². The van der Waals surface area contributed by atoms with Gasteiger partial charge in [0.1, 0.15) is 5.82 Å². The summed E-state index contributed by atoms with van der Waals surface area (Å²) in [6.07, 6.45) is 0.706. The Morgan fingerprint density at radius 2 is 1.95 bits per heavy atom. The monoisotopic (exact) mass is 252 g/mol. The summed E-state index contributed by atoms with van der Waals surface area (Å²) in [6.45, 7) is 0. The standard InChI is InChI=1S/C15H12N2O2/c18-15(19)11-6-7-12-13(9-11)17-14(16-12)8-10-4-2-1-3-5-10/h1-7,9H,8H2,(H,16,17)(H,18,19). The van der Waals surface area contributed by atoms with Crippen molar-refractivity contribution < 1.29 is 9.90 Å². The Bertz CT molecular complexity index is 732. The van der Waals surface area contributed by atoms with Crippen LogP contribution in [0.3, 0.4) is 0 Å². The van der Waals surface area contributed by atoms with Crippen molar-refractivity contribution in [2.75, 3.05) is 0 Å². The van der Waals surface area contributed by atoms with Crippen molar-refractivity contribution in [2.45, 2.75) is 6.42 Å². The van der Waals surface area contributed by atoms with Crippen LogP contribution in [0.15, 0.2) is 48.5 Å². The van der Waals surface area contributed by atoms with E-state index in [0.717, 1.165) is 16.9 Å². The second-order valence-electron chi connectivity index (χ2n) is 4.38. The van der Waals surface area contributed by atoms with Crippen LogP contribution < -0.4 is 0 Å². The molecule has 19 heavy (non-hydrogen) atoms. The first-order valence-corrected chi connectivity index (χ1v) is 5.98. The Hall–Kier alpha value is -2.62. The van der Waals surface area contributed by atoms with Gasteiger partial charge in [-0.1, -0.05) is 30.3 Å². The molecule has 0 atom stereocenters. The number of hydrogen-bond donors (Lipinski definition) is 2. The van der Waals surface area contributed by atoms with E-state index in [4.69, 9.17) is 5.11 Å². The minimum Gasteiger partial charge on any atom is -0.478 e. The van der Waals surface area contributed by atoms with Crippen LogP contribution in [-0.2, 0) is 6.42 Å². The summed E-state index contributed by atoms with van der Waals surface area (Å²) in [4.78, 5) is 18.5. The van der Waals surface area contributed by atoms with E-state index in [2.05, 4.69) is 9.97 Å². The van der Waals surface area contributed by atoms with Gasteiger partial charge in [-0.15, -0.1) is 0 Å². The van der Waals surface area contributed by atoms with Crippen molar-refractivity contribution in [3.05, 3.63) is 65.5 Å². The third-order valence-corrected chi connectivity index (χ3v) is 2.99. The molecule has 1 aromatic heterocycles. The highest BCUT2D eigenvalue weighted by Crippen LogP contribution is 2.15. The lowest BCUT2D eigenvalue weighted by atomic mass is 10.1. The van der Waals surface area contributed by atoms with Gasteiger partial charge >= 0.3 is 5.97 Å². The first-order valence-electron chi connectivity index (χ1n) is 5.98. The minimum atomic E-state index is -0.930. The quantitative estimate of drug-likeness (QED) is 0.753. The molecular weight excluding hydrogens is 240 g/mol. The predicted octanol–water partition coefficient (Wildman–Crippen LogP) is 2.85. The average molecular weight is 252 g/mol. The maximum absolute atomic E-state index is 10.9. The predicted molar refractivity (Wildman–Crippen MR) is 72.3 cm³/mol. The summed E-state index contributed by atoms with van der Waals surface area (Å²) < 4.78 is 0. The number of aromatic carboxylic acids is 1. The molecule has 4 nitrogen and oxygen atoms in total. The number of H-pyrrole nitrogens is 1. The topological polar surface area (TPSA) is 66.0 Å². The molecule has 2 aromatic carbocycles. The molecule has 0 bridgehead atoms. The van der Waals surface area contributed by atoms with Gasteiger partial charge in [-0.05, 0) is 23.8 Å². The Morgan fingerprint density at radius 3 is 2.68 bits per heavy atom. The zero-order valence-corrected chi connectivity index (χ0v) is 10.1. The number of aromatic nitrogens is 2. The first kappa shape index (κ1) is 11.5. The second-order valence-corrected chi connectivity index (χ2v) is 4.38. The van der Waals surface area contributed by atoms with Crippen LogP contribution in [0.4, 0.5) is 0 Å². The van der Waals surface area contributed by atoms with E-state index in [-0.39, 0.29) is 5.56 Å². The van der Waals surface area contributed by atoms with Crippen molar-refractivity contribution in [1.82, 2.24) is 9.97 Å². The normalized spacial score (nSPS) is 10.7. The van der Waals surface area contributed by atoms with Gasteiger partial charge in [-0.3, -0.25) is 0 Å². The number of carboxylic acid groups (broad SMARTS) is 1. The van der Waals surface area contributed by atoms with E-state index < -0.39 is 5.97 Å². The lowest BCUT2D eigenvalue weighted by Crippen LogP contribution is -1.94. The number of fused-ring (bicyclic) bond motifs is 1. The molecule has 94 valence electrons. The lowest BCUT2D eigenvalue weighted by molar-refractivity contribution is 0.0697. The van der Waals surface area contributed by atoms with Crippen LogP contribution in [-0.4, -0.2) is 21.0 Å². The summed E-state index contributed by atoms with van der Waals surface area (Å²) in [5.74, 6) is -0.0927. The van der Waals surface area contributed by atoms with Crippen molar-refractivity contribution in [1.29, 1.82) is 0 Å². The molecule has 0 radical (unpaired) electrons. The van der Waals surface area contributed by atoms with Gasteiger partial charge in [0, 0.05) is 6.42 Å². The van der Waals surface area contributed by atoms with Crippen LogP contribution in [0.1, 0.15) is 21.7 Å². The average Bonchev–Trinajstić information content (AvgIpc) is 2.80. The van der Waals surface area contributed by atoms with Gasteiger partial charge in [0.2, 0.25) is 0 Å². The van der Waals surface area contributed by atoms with E-state index in [9.17, 15) is 4.79 Å². The molecule has 0 aliphatic rings. The SMILES string of the molecule is O=C(O)c1ccc2nc(Cc3ccccc3)[nH]c2c1. The fraction of sp³-hybridized carbons (Fsp3) is 0.0667. The molecule has 0 unspecified atom stereocenters. The van der Waals surface area contributed by atoms with Crippen LogP contribution in [0, 0.1) is 0 Å². The van der Waals surface area contributed by atoms with E-state index in [0.29, 0.717) is 6.42 Å². The summed E-state index contributed by atoms with van der Waals surface area (Å²) in [5.41, 5.74) is 2.98. The molecule has 4 heteroatoms. The maximum Gasteiger partial charge on any atom is 0.335 e. The zero-order chi connectivity index (χ0) is 13.2. The summed E-state index contributed by atoms with van der Waals surface area (Å²) in [7, 11) is 0. The number of benzene rings is 2. The number of rotatable bonds is 3. The first-order chi connectivity index (χ1) is 9.22. The molecule has 1 heterocycles. The van der Waals surface area contributed by atoms with Crippen molar-refractivity contribution in [2.24, 2.45) is 0 Å². The molecule has 0 saturated heterocycles. The molecule has 0 aliphatic carbocycles. The zero-order valence-electron chi connectivity index (χ0n) is 10.1. The summed E-state index contributed by atoms with van der Waals surface area (Å²) in [6, 6.07) is 14.9. The lowest BCUT2D eigenvalue weighted by Gasteiger charge is -1.96. The Morgan fingerprint density at radius 1 is 1.16 bits per heavy atom.